The number of amides is 3. The number of nitrogens with zero attached hydrogens (tertiary/aromatic N) is 5. The van der Waals surface area contributed by atoms with Crippen molar-refractivity contribution in [3.05, 3.63) is 63.0 Å². The molecule has 220 valence electrons. The summed E-state index contributed by atoms with van der Waals surface area (Å²) in [4.78, 5) is 52.9. The number of nitrogens with one attached hydrogen (secondary N) is 2. The van der Waals surface area contributed by atoms with Gasteiger partial charge in [-0.1, -0.05) is 12.1 Å². The molecule has 0 unspecified atom stereocenters. The molecule has 8 rings (SSSR count). The number of amidine groups is 1. The summed E-state index contributed by atoms with van der Waals surface area (Å²) in [5, 5.41) is 19.1. The standard InChI is InChI=1S/C29H32FN7O4S/c1-16-19(4-3-5-20(16)30)23-22(26(39)40)21(32-24(33-23)25-31-6-9-42-25)12-35-7-8-36-18(10-35)11-37(27(36)41)29-13-28(14-29,15-29)34-17(2)38/h3-6,9,18,23H,7-8,10-15H2,1-2H3,(H,32,33)(H,34,38)(H,39,40)/t18-,23-,28?,29?/m0/s1. The number of thiazole rings is 1. The molecule has 3 aliphatic heterocycles. The van der Waals surface area contributed by atoms with Crippen molar-refractivity contribution in [2.24, 2.45) is 4.99 Å². The maximum absolute atomic E-state index is 14.6. The molecule has 2 aromatic rings. The van der Waals surface area contributed by atoms with Gasteiger partial charge in [0, 0.05) is 62.5 Å². The van der Waals surface area contributed by atoms with Crippen molar-refractivity contribution in [3.8, 4) is 0 Å². The smallest absolute Gasteiger partial charge is 0.335 e. The molecule has 13 heteroatoms. The number of urea groups is 1. The maximum atomic E-state index is 14.6. The van der Waals surface area contributed by atoms with Crippen molar-refractivity contribution < 1.29 is 23.9 Å². The number of hydrogen-bond acceptors (Lipinski definition) is 8. The lowest BCUT2D eigenvalue weighted by atomic mass is 9.43. The average Bonchev–Trinajstić information content (AvgIpc) is 3.55. The van der Waals surface area contributed by atoms with Crippen molar-refractivity contribution in [2.75, 3.05) is 32.7 Å². The van der Waals surface area contributed by atoms with E-state index in [1.54, 1.807) is 25.3 Å². The van der Waals surface area contributed by atoms with E-state index in [-0.39, 0.29) is 34.6 Å². The van der Waals surface area contributed by atoms with Gasteiger partial charge in [0.2, 0.25) is 5.91 Å². The predicted octanol–water partition coefficient (Wildman–Crippen LogP) is 2.25. The minimum atomic E-state index is -1.12. The van der Waals surface area contributed by atoms with Gasteiger partial charge in [-0.05, 0) is 43.4 Å². The topological polar surface area (TPSA) is 130 Å². The zero-order valence-electron chi connectivity index (χ0n) is 23.4. The summed E-state index contributed by atoms with van der Waals surface area (Å²) in [7, 11) is 0. The van der Waals surface area contributed by atoms with E-state index in [9.17, 15) is 23.9 Å². The monoisotopic (exact) mass is 593 g/mol. The van der Waals surface area contributed by atoms with Crippen molar-refractivity contribution in [1.82, 2.24) is 30.3 Å². The first kappa shape index (κ1) is 27.0. The highest BCUT2D eigenvalue weighted by molar-refractivity contribution is 7.11. The number of aromatic nitrogens is 1. The molecular formula is C29H32FN7O4S. The molecule has 3 amide bonds. The first-order valence-electron chi connectivity index (χ1n) is 14.1. The highest BCUT2D eigenvalue weighted by atomic mass is 32.1. The Balaban J connectivity index is 1.13. The van der Waals surface area contributed by atoms with E-state index in [0.717, 1.165) is 19.3 Å². The van der Waals surface area contributed by atoms with Crippen LogP contribution in [0.3, 0.4) is 0 Å². The van der Waals surface area contributed by atoms with Gasteiger partial charge in [-0.15, -0.1) is 11.3 Å². The fraction of sp³-hybridized carbons (Fsp3) is 0.483. The first-order chi connectivity index (χ1) is 20.1. The summed E-state index contributed by atoms with van der Waals surface area (Å²) < 4.78 is 14.6. The molecule has 2 atom stereocenters. The Morgan fingerprint density at radius 1 is 1.24 bits per heavy atom. The van der Waals surface area contributed by atoms with Gasteiger partial charge < -0.3 is 25.5 Å². The van der Waals surface area contributed by atoms with Gasteiger partial charge in [-0.3, -0.25) is 14.7 Å². The van der Waals surface area contributed by atoms with Crippen molar-refractivity contribution >= 4 is 35.1 Å². The molecule has 2 bridgehead atoms. The quantitative estimate of drug-likeness (QED) is 0.449. The molecular weight excluding hydrogens is 561 g/mol. The summed E-state index contributed by atoms with van der Waals surface area (Å²) in [5.41, 5.74) is 1.10. The summed E-state index contributed by atoms with van der Waals surface area (Å²) in [6.45, 7) is 5.82. The fourth-order valence-corrected chi connectivity index (χ4v) is 8.22. The molecule has 6 aliphatic rings. The van der Waals surface area contributed by atoms with E-state index >= 15 is 0 Å². The number of carbonyl (C=O) groups is 3. The molecule has 1 aromatic carbocycles. The van der Waals surface area contributed by atoms with E-state index in [2.05, 4.69) is 20.5 Å². The average molecular weight is 594 g/mol. The molecule has 3 N–H and O–H groups in total. The van der Waals surface area contributed by atoms with Gasteiger partial charge in [0.15, 0.2) is 10.8 Å². The number of aliphatic carboxylic acids is 1. The van der Waals surface area contributed by atoms with Crippen LogP contribution in [-0.2, 0) is 9.59 Å². The summed E-state index contributed by atoms with van der Waals surface area (Å²) >= 11 is 1.39. The lowest BCUT2D eigenvalue weighted by Gasteiger charge is -2.72. The summed E-state index contributed by atoms with van der Waals surface area (Å²) in [6.07, 6.45) is 4.06. The minimum Gasteiger partial charge on any atom is -0.478 e. The Hall–Kier alpha value is -3.84. The molecule has 0 radical (unpaired) electrons. The van der Waals surface area contributed by atoms with Crippen LogP contribution in [0.5, 0.6) is 0 Å². The number of fused-ring (bicyclic) bond motifs is 1. The van der Waals surface area contributed by atoms with E-state index in [1.807, 2.05) is 15.2 Å². The fourth-order valence-electron chi connectivity index (χ4n) is 7.63. The van der Waals surface area contributed by atoms with Gasteiger partial charge in [-0.2, -0.15) is 0 Å². The lowest BCUT2D eigenvalue weighted by molar-refractivity contribution is -0.164. The SMILES string of the molecule is CC(=O)NC12CC(N3C[C@@H]4CN(CC5=C(C(=O)O)[C@H](c6cccc(F)c6C)N=C(c6nccs6)N5)CCN4C3=O)(C1)C2. The van der Waals surface area contributed by atoms with Crippen LogP contribution in [0, 0.1) is 12.7 Å². The zero-order valence-corrected chi connectivity index (χ0v) is 24.2. The Kier molecular flexibility index (Phi) is 6.17. The molecule has 0 spiro atoms. The Labute approximate surface area is 246 Å². The number of carboxylic acids is 1. The highest BCUT2D eigenvalue weighted by Crippen LogP contribution is 2.64. The Bertz CT molecular complexity index is 1540. The van der Waals surface area contributed by atoms with Crippen molar-refractivity contribution in [1.29, 1.82) is 0 Å². The van der Waals surface area contributed by atoms with Crippen LogP contribution >= 0.6 is 11.3 Å². The molecule has 1 aromatic heterocycles. The van der Waals surface area contributed by atoms with Crippen LogP contribution in [0.25, 0.3) is 0 Å². The van der Waals surface area contributed by atoms with E-state index in [0.29, 0.717) is 60.4 Å². The maximum Gasteiger partial charge on any atom is 0.335 e. The third-order valence-corrected chi connectivity index (χ3v) is 10.2. The number of carboxylic acid groups (broad SMARTS) is 1. The Morgan fingerprint density at radius 2 is 2.02 bits per heavy atom. The second-order valence-corrected chi connectivity index (χ2v) is 13.1. The summed E-state index contributed by atoms with van der Waals surface area (Å²) in [5.74, 6) is -1.11. The van der Waals surface area contributed by atoms with Gasteiger partial charge in [0.05, 0.1) is 17.2 Å². The Morgan fingerprint density at radius 3 is 2.71 bits per heavy atom. The lowest BCUT2D eigenvalue weighted by Crippen LogP contribution is -2.83. The predicted molar refractivity (Wildman–Crippen MR) is 152 cm³/mol. The van der Waals surface area contributed by atoms with Crippen LogP contribution in [0.1, 0.15) is 48.4 Å². The number of carbonyl (C=O) groups excluding carboxylic acids is 2. The van der Waals surface area contributed by atoms with E-state index in [4.69, 9.17) is 4.99 Å². The normalized spacial score (nSPS) is 30.3. The number of piperazine rings is 1. The molecule has 42 heavy (non-hydrogen) atoms. The third kappa shape index (κ3) is 4.20. The van der Waals surface area contributed by atoms with Gasteiger partial charge in [0.25, 0.3) is 0 Å². The molecule has 3 aliphatic carbocycles. The first-order valence-corrected chi connectivity index (χ1v) is 15.0. The largest absolute Gasteiger partial charge is 0.478 e. The number of halogens is 1. The molecule has 11 nitrogen and oxygen atoms in total. The van der Waals surface area contributed by atoms with Crippen LogP contribution in [-0.4, -0.2) is 98.4 Å². The van der Waals surface area contributed by atoms with Crippen molar-refractivity contribution in [3.63, 3.8) is 0 Å². The van der Waals surface area contributed by atoms with Gasteiger partial charge in [0.1, 0.15) is 11.9 Å². The number of benzene rings is 1. The van der Waals surface area contributed by atoms with E-state index < -0.39 is 17.8 Å². The molecule has 5 fully saturated rings. The van der Waals surface area contributed by atoms with Crippen LogP contribution < -0.4 is 10.6 Å². The highest BCUT2D eigenvalue weighted by Gasteiger charge is 2.73. The third-order valence-electron chi connectivity index (χ3n) is 9.43. The number of hydrogen-bond donors (Lipinski definition) is 3. The second-order valence-electron chi connectivity index (χ2n) is 12.2. The van der Waals surface area contributed by atoms with Crippen LogP contribution in [0.2, 0.25) is 0 Å². The minimum absolute atomic E-state index is 0.0113. The van der Waals surface area contributed by atoms with Gasteiger partial charge in [-0.25, -0.2) is 19.0 Å². The molecule has 2 saturated heterocycles. The second kappa shape index (κ2) is 9.60. The number of aliphatic imine (C=N–C) groups is 1. The van der Waals surface area contributed by atoms with Crippen molar-refractivity contribution in [2.45, 2.75) is 56.3 Å². The van der Waals surface area contributed by atoms with Crippen LogP contribution in [0.4, 0.5) is 9.18 Å². The number of rotatable bonds is 7. The van der Waals surface area contributed by atoms with E-state index in [1.165, 1.54) is 24.3 Å². The van der Waals surface area contributed by atoms with Gasteiger partial charge >= 0.3 is 12.0 Å². The zero-order chi connectivity index (χ0) is 29.4. The molecule has 3 saturated carbocycles. The van der Waals surface area contributed by atoms with Crippen LogP contribution in [0.15, 0.2) is 46.0 Å². The molecule has 4 heterocycles. The summed E-state index contributed by atoms with van der Waals surface area (Å²) in [6, 6.07) is 3.78.